The summed E-state index contributed by atoms with van der Waals surface area (Å²) >= 11 is 0. The minimum atomic E-state index is -0.277. The first-order valence-corrected chi connectivity index (χ1v) is 30.5. The number of benzene rings is 8. The SMILES string of the molecule is CC(C)(C)c1ccc(-c2cc(C(C)(C)c3ccccc3)ccc2N2c3cc(C(C)(C)c4ccccc4)ccc3B3c4cc5c(cc4N(c4ccc6c(c4)C(C)(C)CCC6(C)C)c4cc(C(C)(C)C)cc2c43)C(C)(C)CCC5(C)C)cc1. The minimum absolute atomic E-state index is 0.0180. The molecule has 0 amide bonds. The lowest BCUT2D eigenvalue weighted by Gasteiger charge is -2.48. The van der Waals surface area contributed by atoms with Gasteiger partial charge in [-0.05, 0) is 184 Å². The smallest absolute Gasteiger partial charge is 0.252 e. The van der Waals surface area contributed by atoms with Crippen LogP contribution in [-0.2, 0) is 43.3 Å². The first kappa shape index (κ1) is 55.0. The van der Waals surface area contributed by atoms with Crippen molar-refractivity contribution < 1.29 is 0 Å². The quantitative estimate of drug-likeness (QED) is 0.147. The largest absolute Gasteiger partial charge is 0.311 e. The van der Waals surface area contributed by atoms with Gasteiger partial charge in [0.25, 0.3) is 6.71 Å². The van der Waals surface area contributed by atoms with Crippen molar-refractivity contribution in [3.63, 3.8) is 0 Å². The molecule has 0 saturated carbocycles. The summed E-state index contributed by atoms with van der Waals surface area (Å²) in [6.07, 6.45) is 4.67. The van der Waals surface area contributed by atoms with Gasteiger partial charge < -0.3 is 9.80 Å². The summed E-state index contributed by atoms with van der Waals surface area (Å²) in [6.45, 7) is 43.7. The van der Waals surface area contributed by atoms with Crippen molar-refractivity contribution in [3.05, 3.63) is 219 Å². The Hall–Kier alpha value is -6.58. The molecular weight excluding hydrogens is 976 g/mol. The molecule has 0 unspecified atom stereocenters. The highest BCUT2D eigenvalue weighted by atomic mass is 15.2. The molecule has 4 aliphatic rings. The average molecular weight is 1070 g/mol. The highest BCUT2D eigenvalue weighted by molar-refractivity contribution is 7.00. The van der Waals surface area contributed by atoms with Crippen LogP contribution >= 0.6 is 0 Å². The van der Waals surface area contributed by atoms with E-state index in [0.717, 1.165) is 19.3 Å². The fourth-order valence-corrected chi connectivity index (χ4v) is 14.7. The maximum atomic E-state index is 2.74. The van der Waals surface area contributed by atoms with Crippen LogP contribution in [0.25, 0.3) is 11.1 Å². The van der Waals surface area contributed by atoms with E-state index in [2.05, 4.69) is 298 Å². The number of nitrogens with zero attached hydrogens (tertiary/aromatic N) is 2. The molecule has 81 heavy (non-hydrogen) atoms. The molecule has 8 aromatic carbocycles. The highest BCUT2D eigenvalue weighted by Gasteiger charge is 2.48. The standard InChI is InChI=1S/C78H89BN2/c1-71(2,3)51-31-29-50(30-32-51)58-43-54(77(15,16)52-25-21-19-22-26-52)34-38-65(58)81-66-44-55(78(17,18)53-27-23-20-24-28-53)33-37-63(66)79-64-48-61-62(76(13,14)42-41-75(61,11)12)49-67(64)80(68-45-56(72(4,5)6)46-69(81)70(68)79)57-35-36-59-60(47-57)74(9,10)40-39-73(59,7)8/h19-38,43-49H,39-42H2,1-18H3. The van der Waals surface area contributed by atoms with Gasteiger partial charge >= 0.3 is 0 Å². The number of hydrogen-bond donors (Lipinski definition) is 0. The van der Waals surface area contributed by atoms with Crippen LogP contribution in [0.4, 0.5) is 34.1 Å². The van der Waals surface area contributed by atoms with Gasteiger partial charge in [0.15, 0.2) is 0 Å². The number of anilines is 6. The van der Waals surface area contributed by atoms with Crippen LogP contribution in [0.15, 0.2) is 164 Å². The lowest BCUT2D eigenvalue weighted by Crippen LogP contribution is -2.62. The molecule has 0 N–H and O–H groups in total. The predicted octanol–water partition coefficient (Wildman–Crippen LogP) is 19.4. The van der Waals surface area contributed by atoms with E-state index in [1.807, 2.05) is 0 Å². The molecule has 2 nitrogen and oxygen atoms in total. The lowest BCUT2D eigenvalue weighted by atomic mass is 9.33. The van der Waals surface area contributed by atoms with Crippen molar-refractivity contribution in [1.29, 1.82) is 0 Å². The molecule has 0 radical (unpaired) electrons. The molecule has 2 heterocycles. The van der Waals surface area contributed by atoms with Gasteiger partial charge in [-0.15, -0.1) is 0 Å². The number of fused-ring (bicyclic) bond motifs is 6. The third-order valence-electron chi connectivity index (χ3n) is 20.7. The number of hydrogen-bond acceptors (Lipinski definition) is 2. The zero-order chi connectivity index (χ0) is 57.8. The molecule has 3 heteroatoms. The van der Waals surface area contributed by atoms with Crippen molar-refractivity contribution in [3.8, 4) is 11.1 Å². The van der Waals surface area contributed by atoms with Crippen LogP contribution < -0.4 is 26.2 Å². The second kappa shape index (κ2) is 18.5. The molecule has 0 atom stereocenters. The molecule has 0 bridgehead atoms. The van der Waals surface area contributed by atoms with Crippen LogP contribution in [0, 0.1) is 0 Å². The van der Waals surface area contributed by atoms with E-state index >= 15 is 0 Å². The van der Waals surface area contributed by atoms with Gasteiger partial charge in [0, 0.05) is 44.8 Å². The van der Waals surface area contributed by atoms with Gasteiger partial charge in [0.2, 0.25) is 0 Å². The minimum Gasteiger partial charge on any atom is -0.311 e. The summed E-state index contributed by atoms with van der Waals surface area (Å²) in [5.74, 6) is 0. The Balaban J connectivity index is 1.22. The molecule has 414 valence electrons. The summed E-state index contributed by atoms with van der Waals surface area (Å²) in [4.78, 5) is 5.47. The van der Waals surface area contributed by atoms with Gasteiger partial charge in [-0.3, -0.25) is 0 Å². The summed E-state index contributed by atoms with van der Waals surface area (Å²) in [6, 6.07) is 65.0. The molecular formula is C78H89BN2. The summed E-state index contributed by atoms with van der Waals surface area (Å²) in [5, 5.41) is 0. The second-order valence-electron chi connectivity index (χ2n) is 30.8. The first-order chi connectivity index (χ1) is 37.9. The zero-order valence-corrected chi connectivity index (χ0v) is 52.4. The van der Waals surface area contributed by atoms with Crippen molar-refractivity contribution in [2.45, 2.75) is 194 Å². The Kier molecular flexibility index (Phi) is 12.5. The molecule has 0 fully saturated rings. The first-order valence-electron chi connectivity index (χ1n) is 30.5. The fraction of sp³-hybridized carbons (Fsp3) is 0.385. The molecule has 0 aromatic heterocycles. The van der Waals surface area contributed by atoms with Crippen LogP contribution in [0.5, 0.6) is 0 Å². The third-order valence-corrected chi connectivity index (χ3v) is 20.7. The maximum Gasteiger partial charge on any atom is 0.252 e. The maximum absolute atomic E-state index is 2.74. The van der Waals surface area contributed by atoms with E-state index in [1.54, 1.807) is 0 Å². The Labute approximate surface area is 488 Å². The lowest BCUT2D eigenvalue weighted by molar-refractivity contribution is 0.332. The van der Waals surface area contributed by atoms with E-state index in [4.69, 9.17) is 0 Å². The van der Waals surface area contributed by atoms with Gasteiger partial charge in [-0.1, -0.05) is 240 Å². The number of rotatable bonds is 7. The van der Waals surface area contributed by atoms with Gasteiger partial charge in [0.1, 0.15) is 0 Å². The normalized spacial score (nSPS) is 17.6. The molecule has 2 aliphatic carbocycles. The Morgan fingerprint density at radius 1 is 0.333 bits per heavy atom. The van der Waals surface area contributed by atoms with Gasteiger partial charge in [-0.25, -0.2) is 0 Å². The van der Waals surface area contributed by atoms with E-state index in [1.165, 1.54) is 124 Å². The van der Waals surface area contributed by atoms with E-state index in [9.17, 15) is 0 Å². The molecule has 0 saturated heterocycles. The highest BCUT2D eigenvalue weighted by Crippen LogP contribution is 2.55. The van der Waals surface area contributed by atoms with E-state index in [-0.39, 0.29) is 50.0 Å². The van der Waals surface area contributed by atoms with Crippen molar-refractivity contribution in [1.82, 2.24) is 0 Å². The fourth-order valence-electron chi connectivity index (χ4n) is 14.7. The van der Waals surface area contributed by atoms with Crippen LogP contribution in [0.3, 0.4) is 0 Å². The monoisotopic (exact) mass is 1060 g/mol. The van der Waals surface area contributed by atoms with Crippen molar-refractivity contribution in [2.24, 2.45) is 0 Å². The third kappa shape index (κ3) is 8.96. The summed E-state index contributed by atoms with van der Waals surface area (Å²) in [5.41, 5.74) is 27.5. The molecule has 12 rings (SSSR count). The van der Waals surface area contributed by atoms with Crippen LogP contribution in [0.2, 0.25) is 0 Å². The molecule has 8 aromatic rings. The van der Waals surface area contributed by atoms with E-state index in [0.29, 0.717) is 0 Å². The summed E-state index contributed by atoms with van der Waals surface area (Å²) < 4.78 is 0. The predicted molar refractivity (Wildman–Crippen MR) is 351 cm³/mol. The summed E-state index contributed by atoms with van der Waals surface area (Å²) in [7, 11) is 0. The van der Waals surface area contributed by atoms with Crippen molar-refractivity contribution >= 4 is 57.2 Å². The topological polar surface area (TPSA) is 6.48 Å². The van der Waals surface area contributed by atoms with Crippen molar-refractivity contribution in [2.75, 3.05) is 9.80 Å². The van der Waals surface area contributed by atoms with Gasteiger partial charge in [0.05, 0.1) is 5.69 Å². The average Bonchev–Trinajstić information content (AvgIpc) is 1.29. The molecule has 0 spiro atoms. The van der Waals surface area contributed by atoms with Crippen LogP contribution in [0.1, 0.15) is 206 Å². The Morgan fingerprint density at radius 2 is 0.778 bits per heavy atom. The Morgan fingerprint density at radius 3 is 1.32 bits per heavy atom. The Bertz CT molecular complexity index is 3780. The van der Waals surface area contributed by atoms with E-state index < -0.39 is 0 Å². The second-order valence-corrected chi connectivity index (χ2v) is 30.8. The zero-order valence-electron chi connectivity index (χ0n) is 52.4. The van der Waals surface area contributed by atoms with Crippen LogP contribution in [-0.4, -0.2) is 6.71 Å². The molecule has 2 aliphatic heterocycles. The van der Waals surface area contributed by atoms with Gasteiger partial charge in [-0.2, -0.15) is 0 Å².